The molecule has 0 saturated carbocycles. The van der Waals surface area contributed by atoms with Crippen molar-refractivity contribution in [2.24, 2.45) is 5.92 Å². The highest BCUT2D eigenvalue weighted by atomic mass is 32.2. The third kappa shape index (κ3) is 3.27. The highest BCUT2D eigenvalue weighted by Crippen LogP contribution is 2.21. The summed E-state index contributed by atoms with van der Waals surface area (Å²) in [5.74, 6) is 0.714. The SMILES string of the molecule is CSc1ccc(N(C)C(=O)CC2CCNC2)cc1. The Bertz CT molecular complexity index is 399. The molecule has 1 amide bonds. The molecule has 1 atom stereocenters. The predicted octanol–water partition coefficient (Wildman–Crippen LogP) is 2.37. The minimum Gasteiger partial charge on any atom is -0.316 e. The maximum absolute atomic E-state index is 12.1. The monoisotopic (exact) mass is 264 g/mol. The van der Waals surface area contributed by atoms with E-state index in [1.54, 1.807) is 16.7 Å². The van der Waals surface area contributed by atoms with Crippen LogP contribution in [0.4, 0.5) is 5.69 Å². The Balaban J connectivity index is 1.95. The smallest absolute Gasteiger partial charge is 0.227 e. The van der Waals surface area contributed by atoms with Gasteiger partial charge in [-0.25, -0.2) is 0 Å². The third-order valence-electron chi connectivity index (χ3n) is 3.46. The van der Waals surface area contributed by atoms with Crippen LogP contribution in [0.15, 0.2) is 29.2 Å². The summed E-state index contributed by atoms with van der Waals surface area (Å²) >= 11 is 1.71. The zero-order chi connectivity index (χ0) is 13.0. The van der Waals surface area contributed by atoms with E-state index in [9.17, 15) is 4.79 Å². The second-order valence-electron chi connectivity index (χ2n) is 4.71. The van der Waals surface area contributed by atoms with Crippen LogP contribution in [0.25, 0.3) is 0 Å². The minimum atomic E-state index is 0.209. The molecule has 1 saturated heterocycles. The van der Waals surface area contributed by atoms with E-state index in [-0.39, 0.29) is 5.91 Å². The van der Waals surface area contributed by atoms with Crippen LogP contribution < -0.4 is 10.2 Å². The van der Waals surface area contributed by atoms with Crippen LogP contribution in [-0.2, 0) is 4.79 Å². The highest BCUT2D eigenvalue weighted by Gasteiger charge is 2.20. The average molecular weight is 264 g/mol. The van der Waals surface area contributed by atoms with Crippen molar-refractivity contribution in [1.82, 2.24) is 5.32 Å². The summed E-state index contributed by atoms with van der Waals surface area (Å²) in [5, 5.41) is 3.30. The lowest BCUT2D eigenvalue weighted by molar-refractivity contribution is -0.119. The first-order valence-electron chi connectivity index (χ1n) is 6.32. The minimum absolute atomic E-state index is 0.209. The van der Waals surface area contributed by atoms with Gasteiger partial charge in [0.2, 0.25) is 5.91 Å². The van der Waals surface area contributed by atoms with Gasteiger partial charge in [0.1, 0.15) is 0 Å². The van der Waals surface area contributed by atoms with Gasteiger partial charge in [-0.1, -0.05) is 0 Å². The van der Waals surface area contributed by atoms with Crippen molar-refractivity contribution in [3.8, 4) is 0 Å². The van der Waals surface area contributed by atoms with Gasteiger partial charge in [-0.15, -0.1) is 11.8 Å². The summed E-state index contributed by atoms with van der Waals surface area (Å²) in [6.07, 6.45) is 3.82. The molecule has 2 rings (SSSR count). The molecule has 0 aromatic heterocycles. The third-order valence-corrected chi connectivity index (χ3v) is 4.20. The van der Waals surface area contributed by atoms with Crippen molar-refractivity contribution in [3.05, 3.63) is 24.3 Å². The number of thioether (sulfide) groups is 1. The van der Waals surface area contributed by atoms with Gasteiger partial charge >= 0.3 is 0 Å². The quantitative estimate of drug-likeness (QED) is 0.847. The molecule has 1 aromatic rings. The molecular formula is C14H20N2OS. The Morgan fingerprint density at radius 2 is 2.17 bits per heavy atom. The normalized spacial score (nSPS) is 18.9. The predicted molar refractivity (Wildman–Crippen MR) is 77.2 cm³/mol. The molecule has 1 aromatic carbocycles. The molecule has 4 heteroatoms. The van der Waals surface area contributed by atoms with Crippen LogP contribution >= 0.6 is 11.8 Å². The lowest BCUT2D eigenvalue weighted by Crippen LogP contribution is -2.28. The number of carbonyl (C=O) groups is 1. The van der Waals surface area contributed by atoms with E-state index in [0.717, 1.165) is 25.2 Å². The van der Waals surface area contributed by atoms with Gasteiger partial charge < -0.3 is 10.2 Å². The molecule has 3 nitrogen and oxygen atoms in total. The molecule has 1 unspecified atom stereocenters. The first kappa shape index (κ1) is 13.4. The fourth-order valence-electron chi connectivity index (χ4n) is 2.22. The van der Waals surface area contributed by atoms with E-state index in [1.165, 1.54) is 4.90 Å². The largest absolute Gasteiger partial charge is 0.316 e. The molecule has 1 heterocycles. The summed E-state index contributed by atoms with van der Waals surface area (Å²) < 4.78 is 0. The number of benzene rings is 1. The van der Waals surface area contributed by atoms with Crippen molar-refractivity contribution >= 4 is 23.4 Å². The second-order valence-corrected chi connectivity index (χ2v) is 5.59. The van der Waals surface area contributed by atoms with Crippen molar-refractivity contribution in [1.29, 1.82) is 0 Å². The van der Waals surface area contributed by atoms with Gasteiger partial charge in [-0.3, -0.25) is 4.79 Å². The molecule has 1 aliphatic heterocycles. The number of hydrogen-bond donors (Lipinski definition) is 1. The molecule has 0 bridgehead atoms. The van der Waals surface area contributed by atoms with Crippen LogP contribution in [0.1, 0.15) is 12.8 Å². The first-order chi connectivity index (χ1) is 8.70. The molecule has 0 radical (unpaired) electrons. The molecule has 18 heavy (non-hydrogen) atoms. The zero-order valence-electron chi connectivity index (χ0n) is 11.0. The van der Waals surface area contributed by atoms with Gasteiger partial charge in [-0.05, 0) is 55.9 Å². The van der Waals surface area contributed by atoms with E-state index in [4.69, 9.17) is 0 Å². The number of nitrogens with one attached hydrogen (secondary N) is 1. The highest BCUT2D eigenvalue weighted by molar-refractivity contribution is 7.98. The van der Waals surface area contributed by atoms with E-state index < -0.39 is 0 Å². The maximum atomic E-state index is 12.1. The molecule has 0 spiro atoms. The van der Waals surface area contributed by atoms with Gasteiger partial charge in [0.15, 0.2) is 0 Å². The summed E-state index contributed by atoms with van der Waals surface area (Å²) in [5.41, 5.74) is 0.976. The average Bonchev–Trinajstić information content (AvgIpc) is 2.91. The molecular weight excluding hydrogens is 244 g/mol. The van der Waals surface area contributed by atoms with Crippen LogP contribution in [-0.4, -0.2) is 32.3 Å². The lowest BCUT2D eigenvalue weighted by atomic mass is 10.0. The number of carbonyl (C=O) groups excluding carboxylic acids is 1. The number of nitrogens with zero attached hydrogens (tertiary/aromatic N) is 1. The van der Waals surface area contributed by atoms with E-state index in [2.05, 4.69) is 23.7 Å². The summed E-state index contributed by atoms with van der Waals surface area (Å²) in [4.78, 5) is 15.1. The van der Waals surface area contributed by atoms with Gasteiger partial charge in [0.05, 0.1) is 0 Å². The summed E-state index contributed by atoms with van der Waals surface area (Å²) in [7, 11) is 1.86. The standard InChI is InChI=1S/C14H20N2OS/c1-16(12-3-5-13(18-2)6-4-12)14(17)9-11-7-8-15-10-11/h3-6,11,15H,7-10H2,1-2H3. The molecule has 1 aliphatic rings. The number of anilines is 1. The van der Waals surface area contributed by atoms with Crippen LogP contribution in [0.2, 0.25) is 0 Å². The van der Waals surface area contributed by atoms with E-state index in [0.29, 0.717) is 12.3 Å². The Hall–Kier alpha value is -1.00. The van der Waals surface area contributed by atoms with Gasteiger partial charge in [0.25, 0.3) is 0 Å². The Kier molecular flexibility index (Phi) is 4.66. The number of amides is 1. The van der Waals surface area contributed by atoms with Crippen molar-refractivity contribution < 1.29 is 4.79 Å². The Labute approximate surface area is 113 Å². The Morgan fingerprint density at radius 1 is 1.44 bits per heavy atom. The molecule has 1 fully saturated rings. The van der Waals surface area contributed by atoms with Gasteiger partial charge in [-0.2, -0.15) is 0 Å². The summed E-state index contributed by atoms with van der Waals surface area (Å²) in [6, 6.07) is 8.13. The number of rotatable bonds is 4. The van der Waals surface area contributed by atoms with Gasteiger partial charge in [0, 0.05) is 24.1 Å². The fourth-order valence-corrected chi connectivity index (χ4v) is 2.63. The fraction of sp³-hybridized carbons (Fsp3) is 0.500. The van der Waals surface area contributed by atoms with Crippen LogP contribution in [0.3, 0.4) is 0 Å². The summed E-state index contributed by atoms with van der Waals surface area (Å²) in [6.45, 7) is 2.02. The lowest BCUT2D eigenvalue weighted by Gasteiger charge is -2.19. The van der Waals surface area contributed by atoms with Crippen molar-refractivity contribution in [3.63, 3.8) is 0 Å². The van der Waals surface area contributed by atoms with Crippen LogP contribution in [0.5, 0.6) is 0 Å². The van der Waals surface area contributed by atoms with E-state index in [1.807, 2.05) is 19.2 Å². The topological polar surface area (TPSA) is 32.3 Å². The maximum Gasteiger partial charge on any atom is 0.227 e. The Morgan fingerprint density at radius 3 is 2.72 bits per heavy atom. The molecule has 0 aliphatic carbocycles. The van der Waals surface area contributed by atoms with Crippen molar-refractivity contribution in [2.45, 2.75) is 17.7 Å². The molecule has 98 valence electrons. The molecule has 1 N–H and O–H groups in total. The van der Waals surface area contributed by atoms with Crippen molar-refractivity contribution in [2.75, 3.05) is 31.3 Å². The van der Waals surface area contributed by atoms with E-state index >= 15 is 0 Å². The van der Waals surface area contributed by atoms with Crippen LogP contribution in [0, 0.1) is 5.92 Å². The second kappa shape index (κ2) is 6.25. The first-order valence-corrected chi connectivity index (χ1v) is 7.54. The zero-order valence-corrected chi connectivity index (χ0v) is 11.8. The number of hydrogen-bond acceptors (Lipinski definition) is 3.